The van der Waals surface area contributed by atoms with Crippen molar-refractivity contribution in [3.05, 3.63) is 54.1 Å². The molecular formula is C20H19N5O3. The van der Waals surface area contributed by atoms with Gasteiger partial charge < -0.3 is 14.8 Å². The average Bonchev–Trinajstić information content (AvgIpc) is 3.12. The predicted octanol–water partition coefficient (Wildman–Crippen LogP) is 1.66. The van der Waals surface area contributed by atoms with Crippen LogP contribution in [0.3, 0.4) is 0 Å². The van der Waals surface area contributed by atoms with Crippen LogP contribution in [0.5, 0.6) is 5.75 Å². The van der Waals surface area contributed by atoms with Crippen LogP contribution in [0, 0.1) is 11.3 Å². The lowest BCUT2D eigenvalue weighted by molar-refractivity contribution is -0.124. The van der Waals surface area contributed by atoms with Gasteiger partial charge in [0.25, 0.3) is 0 Å². The van der Waals surface area contributed by atoms with Crippen LogP contribution in [0.25, 0.3) is 11.0 Å². The third-order valence-corrected chi connectivity index (χ3v) is 4.53. The smallest absolute Gasteiger partial charge is 0.243 e. The van der Waals surface area contributed by atoms with Crippen LogP contribution < -0.4 is 10.1 Å². The Morgan fingerprint density at radius 1 is 1.21 bits per heavy atom. The van der Waals surface area contributed by atoms with Crippen molar-refractivity contribution in [3.63, 3.8) is 0 Å². The van der Waals surface area contributed by atoms with Crippen LogP contribution >= 0.6 is 0 Å². The van der Waals surface area contributed by atoms with Gasteiger partial charge in [-0.15, -0.1) is 0 Å². The molecule has 1 N–H and O–H groups in total. The van der Waals surface area contributed by atoms with E-state index in [0.717, 1.165) is 11.0 Å². The van der Waals surface area contributed by atoms with Crippen LogP contribution in [0.2, 0.25) is 0 Å². The van der Waals surface area contributed by atoms with Gasteiger partial charge in [-0.3, -0.25) is 4.79 Å². The van der Waals surface area contributed by atoms with Crippen LogP contribution in [0.15, 0.2) is 48.5 Å². The van der Waals surface area contributed by atoms with Crippen molar-refractivity contribution < 1.29 is 14.3 Å². The summed E-state index contributed by atoms with van der Waals surface area (Å²) in [6, 6.07) is 16.3. The van der Waals surface area contributed by atoms with E-state index in [0.29, 0.717) is 30.9 Å². The molecule has 1 amide bonds. The number of nitrogens with one attached hydrogen (secondary N) is 1. The Hall–Kier alpha value is -3.44. The fourth-order valence-corrected chi connectivity index (χ4v) is 3.13. The van der Waals surface area contributed by atoms with E-state index in [9.17, 15) is 4.79 Å². The number of nitriles is 1. The van der Waals surface area contributed by atoms with Gasteiger partial charge in [0.2, 0.25) is 5.91 Å². The Bertz CT molecular complexity index is 976. The lowest BCUT2D eigenvalue weighted by atomic mass is 10.1. The van der Waals surface area contributed by atoms with Gasteiger partial charge in [-0.2, -0.15) is 20.3 Å². The molecule has 1 saturated heterocycles. The van der Waals surface area contributed by atoms with Crippen molar-refractivity contribution in [3.8, 4) is 11.8 Å². The van der Waals surface area contributed by atoms with Crippen molar-refractivity contribution in [1.29, 1.82) is 5.26 Å². The number of ether oxygens (including phenoxy) is 2. The van der Waals surface area contributed by atoms with Gasteiger partial charge in [0.15, 0.2) is 0 Å². The summed E-state index contributed by atoms with van der Waals surface area (Å²) in [6.07, 6.45) is 0.344. The lowest BCUT2D eigenvalue weighted by Crippen LogP contribution is -2.52. The average molecular weight is 377 g/mol. The van der Waals surface area contributed by atoms with Crippen LogP contribution in [0.4, 0.5) is 0 Å². The Morgan fingerprint density at radius 2 is 1.93 bits per heavy atom. The van der Waals surface area contributed by atoms with Crippen molar-refractivity contribution in [2.45, 2.75) is 25.1 Å². The van der Waals surface area contributed by atoms with E-state index in [1.807, 2.05) is 24.3 Å². The Morgan fingerprint density at radius 3 is 2.61 bits per heavy atom. The topological polar surface area (TPSA) is 102 Å². The molecular weight excluding hydrogens is 358 g/mol. The summed E-state index contributed by atoms with van der Waals surface area (Å²) < 4.78 is 11.5. The van der Waals surface area contributed by atoms with Crippen molar-refractivity contribution >= 4 is 16.9 Å². The minimum Gasteiger partial charge on any atom is -0.486 e. The highest BCUT2D eigenvalue weighted by atomic mass is 16.5. The van der Waals surface area contributed by atoms with Gasteiger partial charge in [0.1, 0.15) is 29.4 Å². The van der Waals surface area contributed by atoms with Crippen LogP contribution in [-0.4, -0.2) is 46.3 Å². The van der Waals surface area contributed by atoms with Gasteiger partial charge >= 0.3 is 0 Å². The zero-order chi connectivity index (χ0) is 19.3. The molecule has 1 aliphatic heterocycles. The number of nitrogens with zero attached hydrogens (tertiary/aromatic N) is 4. The molecule has 2 atom stereocenters. The number of benzene rings is 2. The second-order valence-corrected chi connectivity index (χ2v) is 6.55. The van der Waals surface area contributed by atoms with E-state index < -0.39 is 0 Å². The number of rotatable bonds is 5. The van der Waals surface area contributed by atoms with E-state index in [1.165, 1.54) is 4.80 Å². The lowest BCUT2D eigenvalue weighted by Gasteiger charge is -2.32. The summed E-state index contributed by atoms with van der Waals surface area (Å²) in [4.78, 5) is 13.9. The number of hydrogen-bond acceptors (Lipinski definition) is 6. The molecule has 0 bridgehead atoms. The van der Waals surface area contributed by atoms with Gasteiger partial charge in [0, 0.05) is 6.61 Å². The number of aromatic nitrogens is 3. The SMILES string of the molecule is N#Cc1ccc(O[C@@H]2COCC[C@H]2NC(=O)Cn2nc3ccccc3n2)cc1. The number of carbonyl (C=O) groups excluding carboxylic acids is 1. The molecule has 2 heterocycles. The van der Waals surface area contributed by atoms with E-state index in [4.69, 9.17) is 14.7 Å². The van der Waals surface area contributed by atoms with Gasteiger partial charge in [-0.25, -0.2) is 0 Å². The van der Waals surface area contributed by atoms with E-state index in [2.05, 4.69) is 21.6 Å². The minimum absolute atomic E-state index is 0.0373. The number of fused-ring (bicyclic) bond motifs is 1. The van der Waals surface area contributed by atoms with Crippen LogP contribution in [0.1, 0.15) is 12.0 Å². The fraction of sp³-hybridized carbons (Fsp3) is 0.300. The maximum absolute atomic E-state index is 12.5. The van der Waals surface area contributed by atoms with Gasteiger partial charge in [-0.05, 0) is 42.8 Å². The monoisotopic (exact) mass is 377 g/mol. The largest absolute Gasteiger partial charge is 0.486 e. The van der Waals surface area contributed by atoms with E-state index in [1.54, 1.807) is 24.3 Å². The maximum atomic E-state index is 12.5. The maximum Gasteiger partial charge on any atom is 0.243 e. The summed E-state index contributed by atoms with van der Waals surface area (Å²) in [7, 11) is 0. The van der Waals surface area contributed by atoms with Crippen molar-refractivity contribution in [2.24, 2.45) is 0 Å². The van der Waals surface area contributed by atoms with Gasteiger partial charge in [0.05, 0.1) is 24.3 Å². The Kier molecular flexibility index (Phi) is 5.17. The first-order valence-corrected chi connectivity index (χ1v) is 9.05. The highest BCUT2D eigenvalue weighted by molar-refractivity contribution is 5.77. The second kappa shape index (κ2) is 8.06. The zero-order valence-electron chi connectivity index (χ0n) is 15.1. The normalized spacial score (nSPS) is 19.1. The molecule has 2 aromatic carbocycles. The molecule has 0 spiro atoms. The molecule has 1 aromatic heterocycles. The van der Waals surface area contributed by atoms with Crippen LogP contribution in [-0.2, 0) is 16.1 Å². The summed E-state index contributed by atoms with van der Waals surface area (Å²) in [5.74, 6) is 0.453. The third kappa shape index (κ3) is 4.10. The summed E-state index contributed by atoms with van der Waals surface area (Å²) in [5.41, 5.74) is 2.07. The Balaban J connectivity index is 1.39. The molecule has 0 saturated carbocycles. The molecule has 1 fully saturated rings. The number of amides is 1. The highest BCUT2D eigenvalue weighted by Gasteiger charge is 2.29. The molecule has 1 aliphatic rings. The van der Waals surface area contributed by atoms with Crippen molar-refractivity contribution in [1.82, 2.24) is 20.3 Å². The summed E-state index contributed by atoms with van der Waals surface area (Å²) >= 11 is 0. The fourth-order valence-electron chi connectivity index (χ4n) is 3.13. The van der Waals surface area contributed by atoms with E-state index in [-0.39, 0.29) is 24.6 Å². The molecule has 8 nitrogen and oxygen atoms in total. The molecule has 28 heavy (non-hydrogen) atoms. The standard InChI is InChI=1S/C20H19N5O3/c21-11-14-5-7-15(8-6-14)28-19-13-27-10-9-18(19)22-20(26)12-25-23-16-3-1-2-4-17(16)24-25/h1-8,18-19H,9-10,12-13H2,(H,22,26)/t18-,19-/m1/s1. The molecule has 142 valence electrons. The Labute approximate surface area is 161 Å². The zero-order valence-corrected chi connectivity index (χ0v) is 15.1. The van der Waals surface area contributed by atoms with Gasteiger partial charge in [-0.1, -0.05) is 12.1 Å². The quantitative estimate of drug-likeness (QED) is 0.725. The number of hydrogen-bond donors (Lipinski definition) is 1. The summed E-state index contributed by atoms with van der Waals surface area (Å²) in [6.45, 7) is 0.979. The minimum atomic E-state index is -0.310. The molecule has 4 rings (SSSR count). The first-order chi connectivity index (χ1) is 13.7. The molecule has 0 aliphatic carbocycles. The highest BCUT2D eigenvalue weighted by Crippen LogP contribution is 2.18. The first kappa shape index (κ1) is 17.9. The van der Waals surface area contributed by atoms with Crippen molar-refractivity contribution in [2.75, 3.05) is 13.2 Å². The molecule has 8 heteroatoms. The molecule has 3 aromatic rings. The third-order valence-electron chi connectivity index (χ3n) is 4.53. The van der Waals surface area contributed by atoms with E-state index >= 15 is 0 Å². The first-order valence-electron chi connectivity index (χ1n) is 9.05. The molecule has 0 radical (unpaired) electrons. The number of carbonyl (C=O) groups is 1. The summed E-state index contributed by atoms with van der Waals surface area (Å²) in [5, 5.41) is 20.5. The predicted molar refractivity (Wildman–Crippen MR) is 100 cm³/mol. The molecule has 0 unspecified atom stereocenters. The second-order valence-electron chi connectivity index (χ2n) is 6.55.